The quantitative estimate of drug-likeness (QED) is 0.794. The van der Waals surface area contributed by atoms with Crippen molar-refractivity contribution in [3.63, 3.8) is 0 Å². The van der Waals surface area contributed by atoms with E-state index in [1.807, 2.05) is 0 Å². The number of amides is 2. The van der Waals surface area contributed by atoms with E-state index in [0.29, 0.717) is 25.2 Å². The number of rotatable bonds is 2. The Morgan fingerprint density at radius 1 is 1.53 bits per heavy atom. The van der Waals surface area contributed by atoms with Crippen LogP contribution in [0.15, 0.2) is 18.3 Å². The highest BCUT2D eigenvalue weighted by atomic mass is 19.1. The zero-order valence-electron chi connectivity index (χ0n) is 9.07. The maximum atomic E-state index is 12.6. The molecule has 2 amide bonds. The van der Waals surface area contributed by atoms with Gasteiger partial charge in [-0.15, -0.1) is 0 Å². The number of pyridine rings is 1. The summed E-state index contributed by atoms with van der Waals surface area (Å²) < 4.78 is 12.6. The molecule has 1 aliphatic heterocycles. The van der Waals surface area contributed by atoms with E-state index in [0.717, 1.165) is 6.20 Å². The predicted octanol–water partition coefficient (Wildman–Crippen LogP) is 0.685. The number of piperidine rings is 1. The van der Waals surface area contributed by atoms with Gasteiger partial charge in [-0.2, -0.15) is 0 Å². The Kier molecular flexibility index (Phi) is 3.32. The molecule has 1 fully saturated rings. The molecule has 1 saturated heterocycles. The molecule has 0 aliphatic carbocycles. The molecule has 1 aromatic rings. The van der Waals surface area contributed by atoms with Crippen LogP contribution < -0.4 is 10.6 Å². The molecule has 6 heteroatoms. The number of carbonyl (C=O) groups excluding carboxylic acids is 2. The summed E-state index contributed by atoms with van der Waals surface area (Å²) in [4.78, 5) is 26.4. The van der Waals surface area contributed by atoms with Crippen molar-refractivity contribution >= 4 is 17.6 Å². The van der Waals surface area contributed by atoms with Crippen molar-refractivity contribution in [1.29, 1.82) is 0 Å². The average Bonchev–Trinajstić information content (AvgIpc) is 2.33. The van der Waals surface area contributed by atoms with Gasteiger partial charge in [0.2, 0.25) is 11.8 Å². The maximum absolute atomic E-state index is 12.6. The number of carbonyl (C=O) groups is 2. The Morgan fingerprint density at radius 3 is 2.94 bits per heavy atom. The monoisotopic (exact) mass is 237 g/mol. The van der Waals surface area contributed by atoms with E-state index in [2.05, 4.69) is 15.6 Å². The number of nitrogens with zero attached hydrogens (tertiary/aromatic N) is 1. The van der Waals surface area contributed by atoms with Crippen molar-refractivity contribution in [2.45, 2.75) is 12.8 Å². The molecular formula is C11H12FN3O2. The van der Waals surface area contributed by atoms with Crippen LogP contribution in [-0.4, -0.2) is 23.3 Å². The van der Waals surface area contributed by atoms with Crippen molar-refractivity contribution in [3.05, 3.63) is 24.1 Å². The number of halogens is 1. The minimum absolute atomic E-state index is 0.0334. The first kappa shape index (κ1) is 11.5. The van der Waals surface area contributed by atoms with Crippen molar-refractivity contribution in [2.24, 2.45) is 5.92 Å². The Bertz CT molecular complexity index is 423. The third kappa shape index (κ3) is 2.99. The molecule has 0 bridgehead atoms. The van der Waals surface area contributed by atoms with E-state index < -0.39 is 5.82 Å². The normalized spacial score (nSPS) is 19.6. The predicted molar refractivity (Wildman–Crippen MR) is 58.6 cm³/mol. The lowest BCUT2D eigenvalue weighted by Gasteiger charge is -2.21. The van der Waals surface area contributed by atoms with Gasteiger partial charge in [-0.3, -0.25) is 9.59 Å². The van der Waals surface area contributed by atoms with Gasteiger partial charge in [0.05, 0.1) is 12.1 Å². The molecule has 1 unspecified atom stereocenters. The van der Waals surface area contributed by atoms with Crippen LogP contribution in [0.3, 0.4) is 0 Å². The molecule has 2 rings (SSSR count). The van der Waals surface area contributed by atoms with Crippen LogP contribution in [0.2, 0.25) is 0 Å². The topological polar surface area (TPSA) is 71.1 Å². The van der Waals surface area contributed by atoms with Crippen LogP contribution >= 0.6 is 0 Å². The first-order chi connectivity index (χ1) is 8.15. The smallest absolute Gasteiger partial charge is 0.230 e. The van der Waals surface area contributed by atoms with Crippen LogP contribution in [0.1, 0.15) is 12.8 Å². The van der Waals surface area contributed by atoms with E-state index in [1.54, 1.807) is 0 Å². The second-order valence-corrected chi connectivity index (χ2v) is 3.89. The summed E-state index contributed by atoms with van der Waals surface area (Å²) in [5, 5.41) is 5.21. The highest BCUT2D eigenvalue weighted by molar-refractivity contribution is 5.93. The lowest BCUT2D eigenvalue weighted by molar-refractivity contribution is -0.126. The van der Waals surface area contributed by atoms with Crippen LogP contribution in [-0.2, 0) is 9.59 Å². The molecule has 2 heterocycles. The summed E-state index contributed by atoms with van der Waals surface area (Å²) in [5.41, 5.74) is 0. The summed E-state index contributed by atoms with van der Waals surface area (Å²) in [6, 6.07) is 2.62. The van der Waals surface area contributed by atoms with E-state index in [-0.39, 0.29) is 17.7 Å². The Hall–Kier alpha value is -1.98. The first-order valence-corrected chi connectivity index (χ1v) is 5.34. The summed E-state index contributed by atoms with van der Waals surface area (Å²) in [5.74, 6) is -0.626. The number of aromatic nitrogens is 1. The number of hydrogen-bond acceptors (Lipinski definition) is 3. The maximum Gasteiger partial charge on any atom is 0.230 e. The zero-order chi connectivity index (χ0) is 12.3. The third-order valence-electron chi connectivity index (χ3n) is 2.61. The second kappa shape index (κ2) is 4.90. The summed E-state index contributed by atoms with van der Waals surface area (Å²) >= 11 is 0. The SMILES string of the molecule is O=C1CCC(C(=O)Nc2ccc(F)cn2)CN1. The van der Waals surface area contributed by atoms with Gasteiger partial charge in [0, 0.05) is 13.0 Å². The fourth-order valence-corrected chi connectivity index (χ4v) is 1.63. The Morgan fingerprint density at radius 2 is 2.35 bits per heavy atom. The fraction of sp³-hybridized carbons (Fsp3) is 0.364. The molecule has 90 valence electrons. The minimum atomic E-state index is -0.451. The summed E-state index contributed by atoms with van der Waals surface area (Å²) in [6.07, 6.45) is 1.92. The third-order valence-corrected chi connectivity index (χ3v) is 2.61. The molecule has 5 nitrogen and oxygen atoms in total. The van der Waals surface area contributed by atoms with Gasteiger partial charge >= 0.3 is 0 Å². The summed E-state index contributed by atoms with van der Waals surface area (Å²) in [7, 11) is 0. The van der Waals surface area contributed by atoms with Gasteiger partial charge in [0.1, 0.15) is 11.6 Å². The average molecular weight is 237 g/mol. The number of nitrogens with one attached hydrogen (secondary N) is 2. The molecule has 1 aromatic heterocycles. The van der Waals surface area contributed by atoms with Gasteiger partial charge in [-0.25, -0.2) is 9.37 Å². The molecule has 2 N–H and O–H groups in total. The largest absolute Gasteiger partial charge is 0.355 e. The second-order valence-electron chi connectivity index (χ2n) is 3.89. The molecule has 17 heavy (non-hydrogen) atoms. The highest BCUT2D eigenvalue weighted by Crippen LogP contribution is 2.13. The van der Waals surface area contributed by atoms with Gasteiger partial charge < -0.3 is 10.6 Å². The van der Waals surface area contributed by atoms with E-state index in [1.165, 1.54) is 12.1 Å². The molecule has 0 spiro atoms. The van der Waals surface area contributed by atoms with E-state index in [9.17, 15) is 14.0 Å². The molecular weight excluding hydrogens is 225 g/mol. The van der Waals surface area contributed by atoms with Crippen molar-refractivity contribution in [3.8, 4) is 0 Å². The number of anilines is 1. The van der Waals surface area contributed by atoms with Crippen molar-refractivity contribution in [1.82, 2.24) is 10.3 Å². The van der Waals surface area contributed by atoms with Crippen LogP contribution in [0, 0.1) is 11.7 Å². The minimum Gasteiger partial charge on any atom is -0.355 e. The standard InChI is InChI=1S/C11H12FN3O2/c12-8-2-3-9(13-6-8)15-11(17)7-1-4-10(16)14-5-7/h2-3,6-7H,1,4-5H2,(H,14,16)(H,13,15,17). The van der Waals surface area contributed by atoms with Crippen molar-refractivity contribution < 1.29 is 14.0 Å². The number of hydrogen-bond donors (Lipinski definition) is 2. The van der Waals surface area contributed by atoms with E-state index >= 15 is 0 Å². The van der Waals surface area contributed by atoms with Gasteiger partial charge in [0.25, 0.3) is 0 Å². The Balaban J connectivity index is 1.92. The van der Waals surface area contributed by atoms with Crippen molar-refractivity contribution in [2.75, 3.05) is 11.9 Å². The lowest BCUT2D eigenvalue weighted by Crippen LogP contribution is -2.40. The van der Waals surface area contributed by atoms with Gasteiger partial charge in [-0.1, -0.05) is 0 Å². The first-order valence-electron chi connectivity index (χ1n) is 5.34. The van der Waals surface area contributed by atoms with Crippen LogP contribution in [0.25, 0.3) is 0 Å². The van der Waals surface area contributed by atoms with Crippen LogP contribution in [0.4, 0.5) is 10.2 Å². The molecule has 0 radical (unpaired) electrons. The van der Waals surface area contributed by atoms with E-state index in [4.69, 9.17) is 0 Å². The molecule has 0 aromatic carbocycles. The lowest BCUT2D eigenvalue weighted by atomic mass is 9.98. The highest BCUT2D eigenvalue weighted by Gasteiger charge is 2.24. The van der Waals surface area contributed by atoms with Gasteiger partial charge in [0.15, 0.2) is 0 Å². The molecule has 1 atom stereocenters. The zero-order valence-corrected chi connectivity index (χ0v) is 9.07. The van der Waals surface area contributed by atoms with Gasteiger partial charge in [-0.05, 0) is 18.6 Å². The molecule has 1 aliphatic rings. The summed E-state index contributed by atoms with van der Waals surface area (Å²) in [6.45, 7) is 0.339. The fourth-order valence-electron chi connectivity index (χ4n) is 1.63. The Labute approximate surface area is 97.4 Å². The molecule has 0 saturated carbocycles. The van der Waals surface area contributed by atoms with Crippen LogP contribution in [0.5, 0.6) is 0 Å².